The molecule has 1 heteroatoms. The van der Waals surface area contributed by atoms with Crippen LogP contribution in [0.4, 0.5) is 0 Å². The summed E-state index contributed by atoms with van der Waals surface area (Å²) in [6.45, 7) is 9.52. The highest BCUT2D eigenvalue weighted by Crippen LogP contribution is 2.35. The van der Waals surface area contributed by atoms with Gasteiger partial charge in [-0.3, -0.25) is 0 Å². The first-order valence-electron chi connectivity index (χ1n) is 7.20. The molecule has 3 unspecified atom stereocenters. The van der Waals surface area contributed by atoms with Gasteiger partial charge in [0.25, 0.3) is 0 Å². The fourth-order valence-electron chi connectivity index (χ4n) is 3.58. The summed E-state index contributed by atoms with van der Waals surface area (Å²) in [6, 6.07) is 0.715. The maximum atomic E-state index is 3.46. The average molecular weight is 225 g/mol. The first kappa shape index (κ1) is 14.0. The molecule has 0 aromatic heterocycles. The van der Waals surface area contributed by atoms with Gasteiger partial charge < -0.3 is 5.32 Å². The average Bonchev–Trinajstić information content (AvgIpc) is 2.16. The van der Waals surface area contributed by atoms with Crippen molar-refractivity contribution >= 4 is 0 Å². The van der Waals surface area contributed by atoms with E-state index < -0.39 is 0 Å². The van der Waals surface area contributed by atoms with Gasteiger partial charge in [0.2, 0.25) is 0 Å². The van der Waals surface area contributed by atoms with Crippen molar-refractivity contribution in [2.75, 3.05) is 7.05 Å². The Morgan fingerprint density at radius 3 is 2.06 bits per heavy atom. The van der Waals surface area contributed by atoms with E-state index in [2.05, 4.69) is 40.1 Å². The zero-order chi connectivity index (χ0) is 12.1. The van der Waals surface area contributed by atoms with E-state index in [0.717, 1.165) is 23.7 Å². The third kappa shape index (κ3) is 4.45. The standard InChI is InChI=1S/C15H31N/c1-11(2)15(16-5)7-6-14-9-12(3)8-13(4)10-14/h11-16H,6-10H2,1-5H3. The van der Waals surface area contributed by atoms with Crippen molar-refractivity contribution in [3.05, 3.63) is 0 Å². The lowest BCUT2D eigenvalue weighted by molar-refractivity contribution is 0.198. The van der Waals surface area contributed by atoms with Crippen LogP contribution in [0.1, 0.15) is 59.8 Å². The van der Waals surface area contributed by atoms with Crippen LogP contribution in [0.2, 0.25) is 0 Å². The molecule has 1 aliphatic rings. The summed E-state index contributed by atoms with van der Waals surface area (Å²) >= 11 is 0. The maximum Gasteiger partial charge on any atom is 0.00871 e. The second-order valence-electron chi connectivity index (χ2n) is 6.50. The van der Waals surface area contributed by atoms with Gasteiger partial charge in [-0.25, -0.2) is 0 Å². The quantitative estimate of drug-likeness (QED) is 0.743. The van der Waals surface area contributed by atoms with Crippen LogP contribution in [0.15, 0.2) is 0 Å². The Bertz CT molecular complexity index is 178. The molecule has 0 bridgehead atoms. The molecular weight excluding hydrogens is 194 g/mol. The minimum absolute atomic E-state index is 0.715. The van der Waals surface area contributed by atoms with E-state index in [9.17, 15) is 0 Å². The van der Waals surface area contributed by atoms with Crippen molar-refractivity contribution in [3.63, 3.8) is 0 Å². The van der Waals surface area contributed by atoms with Crippen molar-refractivity contribution in [1.82, 2.24) is 5.32 Å². The summed E-state index contributed by atoms with van der Waals surface area (Å²) in [5.74, 6) is 3.68. The lowest BCUT2D eigenvalue weighted by Crippen LogP contribution is -2.31. The molecule has 0 aromatic carbocycles. The van der Waals surface area contributed by atoms with Crippen LogP contribution in [0.5, 0.6) is 0 Å². The Morgan fingerprint density at radius 2 is 1.62 bits per heavy atom. The van der Waals surface area contributed by atoms with Crippen molar-refractivity contribution in [1.29, 1.82) is 0 Å². The molecule has 1 rings (SSSR count). The highest BCUT2D eigenvalue weighted by molar-refractivity contribution is 4.77. The predicted molar refractivity (Wildman–Crippen MR) is 72.6 cm³/mol. The summed E-state index contributed by atoms with van der Waals surface area (Å²) in [5, 5.41) is 3.46. The van der Waals surface area contributed by atoms with E-state index in [0.29, 0.717) is 6.04 Å². The SMILES string of the molecule is CNC(CCC1CC(C)CC(C)C1)C(C)C. The van der Waals surface area contributed by atoms with Crippen LogP contribution in [-0.2, 0) is 0 Å². The van der Waals surface area contributed by atoms with Crippen LogP contribution < -0.4 is 5.32 Å². The fourth-order valence-corrected chi connectivity index (χ4v) is 3.58. The molecule has 0 spiro atoms. The topological polar surface area (TPSA) is 12.0 Å². The predicted octanol–water partition coefficient (Wildman–Crippen LogP) is 4.08. The number of hydrogen-bond acceptors (Lipinski definition) is 1. The van der Waals surface area contributed by atoms with E-state index in [1.165, 1.54) is 32.1 Å². The third-order valence-electron chi connectivity index (χ3n) is 4.34. The zero-order valence-electron chi connectivity index (χ0n) is 11.9. The normalized spacial score (nSPS) is 33.0. The van der Waals surface area contributed by atoms with Gasteiger partial charge in [0.05, 0.1) is 0 Å². The van der Waals surface area contributed by atoms with Gasteiger partial charge in [-0.05, 0) is 62.8 Å². The molecule has 1 saturated carbocycles. The Labute approximate surface area is 102 Å². The maximum absolute atomic E-state index is 3.46. The molecule has 0 radical (unpaired) electrons. The second-order valence-corrected chi connectivity index (χ2v) is 6.50. The monoisotopic (exact) mass is 225 g/mol. The third-order valence-corrected chi connectivity index (χ3v) is 4.34. The van der Waals surface area contributed by atoms with Gasteiger partial charge in [-0.2, -0.15) is 0 Å². The van der Waals surface area contributed by atoms with Gasteiger partial charge in [-0.1, -0.05) is 27.7 Å². The summed E-state index contributed by atoms with van der Waals surface area (Å²) in [5.41, 5.74) is 0. The van der Waals surface area contributed by atoms with Gasteiger partial charge in [0, 0.05) is 6.04 Å². The summed E-state index contributed by atoms with van der Waals surface area (Å²) in [6.07, 6.45) is 7.19. The number of hydrogen-bond donors (Lipinski definition) is 1. The second kappa shape index (κ2) is 6.64. The van der Waals surface area contributed by atoms with Gasteiger partial charge in [0.1, 0.15) is 0 Å². The van der Waals surface area contributed by atoms with Crippen LogP contribution >= 0.6 is 0 Å². The molecule has 0 heterocycles. The molecule has 96 valence electrons. The van der Waals surface area contributed by atoms with Crippen LogP contribution in [0, 0.1) is 23.7 Å². The first-order chi connectivity index (χ1) is 7.52. The molecule has 3 atom stereocenters. The van der Waals surface area contributed by atoms with Crippen molar-refractivity contribution in [3.8, 4) is 0 Å². The Balaban J connectivity index is 2.30. The summed E-state index contributed by atoms with van der Waals surface area (Å²) in [7, 11) is 2.11. The summed E-state index contributed by atoms with van der Waals surface area (Å²) in [4.78, 5) is 0. The Morgan fingerprint density at radius 1 is 1.06 bits per heavy atom. The Kier molecular flexibility index (Phi) is 5.82. The van der Waals surface area contributed by atoms with E-state index in [1.54, 1.807) is 0 Å². The fraction of sp³-hybridized carbons (Fsp3) is 1.00. The van der Waals surface area contributed by atoms with Gasteiger partial charge in [0.15, 0.2) is 0 Å². The number of rotatable bonds is 5. The molecular formula is C15H31N. The largest absolute Gasteiger partial charge is 0.317 e. The van der Waals surface area contributed by atoms with E-state index in [4.69, 9.17) is 0 Å². The first-order valence-corrected chi connectivity index (χ1v) is 7.20. The zero-order valence-corrected chi connectivity index (χ0v) is 11.9. The minimum atomic E-state index is 0.715. The molecule has 0 aromatic rings. The summed E-state index contributed by atoms with van der Waals surface area (Å²) < 4.78 is 0. The lowest BCUT2D eigenvalue weighted by atomic mass is 9.74. The van der Waals surface area contributed by atoms with Crippen molar-refractivity contribution in [2.24, 2.45) is 23.7 Å². The van der Waals surface area contributed by atoms with Crippen molar-refractivity contribution < 1.29 is 0 Å². The van der Waals surface area contributed by atoms with Gasteiger partial charge >= 0.3 is 0 Å². The van der Waals surface area contributed by atoms with Crippen LogP contribution in [0.25, 0.3) is 0 Å². The smallest absolute Gasteiger partial charge is 0.00871 e. The van der Waals surface area contributed by atoms with Crippen molar-refractivity contribution in [2.45, 2.75) is 65.8 Å². The van der Waals surface area contributed by atoms with E-state index in [-0.39, 0.29) is 0 Å². The lowest BCUT2D eigenvalue weighted by Gasteiger charge is -2.32. The molecule has 1 aliphatic carbocycles. The minimum Gasteiger partial charge on any atom is -0.317 e. The van der Waals surface area contributed by atoms with Crippen LogP contribution in [-0.4, -0.2) is 13.1 Å². The molecule has 0 aliphatic heterocycles. The van der Waals surface area contributed by atoms with E-state index in [1.807, 2.05) is 0 Å². The van der Waals surface area contributed by atoms with Gasteiger partial charge in [-0.15, -0.1) is 0 Å². The highest BCUT2D eigenvalue weighted by Gasteiger charge is 2.24. The van der Waals surface area contributed by atoms with Crippen LogP contribution in [0.3, 0.4) is 0 Å². The molecule has 1 fully saturated rings. The molecule has 0 amide bonds. The highest BCUT2D eigenvalue weighted by atomic mass is 14.9. The molecule has 1 nitrogen and oxygen atoms in total. The molecule has 1 N–H and O–H groups in total. The molecule has 16 heavy (non-hydrogen) atoms. The van der Waals surface area contributed by atoms with E-state index >= 15 is 0 Å². The number of nitrogens with one attached hydrogen (secondary N) is 1. The molecule has 0 saturated heterocycles. The Hall–Kier alpha value is -0.0400.